The van der Waals surface area contributed by atoms with Crippen LogP contribution < -0.4 is 10.1 Å². The van der Waals surface area contributed by atoms with Crippen LogP contribution in [-0.4, -0.2) is 24.7 Å². The molecule has 0 aromatic heterocycles. The molecule has 1 aliphatic rings. The smallest absolute Gasteiger partial charge is 0.311 e. The minimum Gasteiger partial charge on any atom is -0.495 e. The predicted molar refractivity (Wildman–Crippen MR) is 70.3 cm³/mol. The van der Waals surface area contributed by atoms with Crippen molar-refractivity contribution in [2.24, 2.45) is 5.41 Å². The molecule has 2 rings (SSSR count). The zero-order valence-electron chi connectivity index (χ0n) is 11.0. The van der Waals surface area contributed by atoms with E-state index in [2.05, 4.69) is 11.4 Å². The third-order valence-electron chi connectivity index (χ3n) is 3.57. The minimum atomic E-state index is -0.710. The van der Waals surface area contributed by atoms with Crippen LogP contribution in [0.2, 0.25) is 0 Å². The Labute approximate surface area is 107 Å². The SMILES string of the molecule is COc1cc(C)cc(C)c1NCC1(C(=O)O)CC1. The quantitative estimate of drug-likeness (QED) is 0.842. The average molecular weight is 249 g/mol. The van der Waals surface area contributed by atoms with E-state index in [1.54, 1.807) is 7.11 Å². The molecule has 2 N–H and O–H groups in total. The third-order valence-corrected chi connectivity index (χ3v) is 3.57. The molecule has 1 aromatic rings. The first-order chi connectivity index (χ1) is 8.48. The molecule has 4 nitrogen and oxygen atoms in total. The van der Waals surface area contributed by atoms with Gasteiger partial charge in [0.05, 0.1) is 18.2 Å². The number of carboxylic acids is 1. The van der Waals surface area contributed by atoms with E-state index in [0.717, 1.165) is 35.4 Å². The zero-order chi connectivity index (χ0) is 13.3. The highest BCUT2D eigenvalue weighted by Crippen LogP contribution is 2.46. The molecule has 18 heavy (non-hydrogen) atoms. The number of benzene rings is 1. The topological polar surface area (TPSA) is 58.6 Å². The van der Waals surface area contributed by atoms with Crippen LogP contribution in [0.4, 0.5) is 5.69 Å². The highest BCUT2D eigenvalue weighted by atomic mass is 16.5. The summed E-state index contributed by atoms with van der Waals surface area (Å²) in [5, 5.41) is 12.4. The Hall–Kier alpha value is -1.71. The summed E-state index contributed by atoms with van der Waals surface area (Å²) < 4.78 is 5.34. The number of ether oxygens (including phenoxy) is 1. The largest absolute Gasteiger partial charge is 0.495 e. The monoisotopic (exact) mass is 249 g/mol. The van der Waals surface area contributed by atoms with E-state index < -0.39 is 11.4 Å². The molecular weight excluding hydrogens is 230 g/mol. The van der Waals surface area contributed by atoms with Gasteiger partial charge in [-0.1, -0.05) is 6.07 Å². The van der Waals surface area contributed by atoms with Crippen LogP contribution in [0.3, 0.4) is 0 Å². The molecule has 0 heterocycles. The van der Waals surface area contributed by atoms with Gasteiger partial charge >= 0.3 is 5.97 Å². The maximum atomic E-state index is 11.1. The Morgan fingerprint density at radius 3 is 2.61 bits per heavy atom. The van der Waals surface area contributed by atoms with Crippen molar-refractivity contribution in [3.05, 3.63) is 23.3 Å². The van der Waals surface area contributed by atoms with Crippen molar-refractivity contribution in [3.8, 4) is 5.75 Å². The Morgan fingerprint density at radius 1 is 1.44 bits per heavy atom. The molecule has 4 heteroatoms. The van der Waals surface area contributed by atoms with E-state index in [1.165, 1.54) is 0 Å². The average Bonchev–Trinajstić information content (AvgIpc) is 3.08. The molecule has 0 bridgehead atoms. The number of anilines is 1. The number of hydrogen-bond donors (Lipinski definition) is 2. The molecule has 0 atom stereocenters. The molecule has 0 aliphatic heterocycles. The van der Waals surface area contributed by atoms with Gasteiger partial charge in [0.25, 0.3) is 0 Å². The number of methoxy groups -OCH3 is 1. The first kappa shape index (κ1) is 12.7. The van der Waals surface area contributed by atoms with E-state index in [4.69, 9.17) is 9.84 Å². The second-order valence-electron chi connectivity index (χ2n) is 5.10. The van der Waals surface area contributed by atoms with Gasteiger partial charge in [-0.3, -0.25) is 4.79 Å². The first-order valence-corrected chi connectivity index (χ1v) is 6.11. The Balaban J connectivity index is 2.17. The molecule has 0 saturated heterocycles. The van der Waals surface area contributed by atoms with E-state index in [1.807, 2.05) is 19.9 Å². The van der Waals surface area contributed by atoms with Gasteiger partial charge in [0.2, 0.25) is 0 Å². The minimum absolute atomic E-state index is 0.461. The van der Waals surface area contributed by atoms with Crippen molar-refractivity contribution >= 4 is 11.7 Å². The number of nitrogens with one attached hydrogen (secondary N) is 1. The van der Waals surface area contributed by atoms with Gasteiger partial charge in [-0.2, -0.15) is 0 Å². The van der Waals surface area contributed by atoms with E-state index >= 15 is 0 Å². The normalized spacial score (nSPS) is 16.2. The van der Waals surface area contributed by atoms with E-state index in [0.29, 0.717) is 6.54 Å². The first-order valence-electron chi connectivity index (χ1n) is 6.11. The molecule has 0 spiro atoms. The lowest BCUT2D eigenvalue weighted by Crippen LogP contribution is -2.24. The third kappa shape index (κ3) is 2.28. The summed E-state index contributed by atoms with van der Waals surface area (Å²) in [7, 11) is 1.63. The second-order valence-corrected chi connectivity index (χ2v) is 5.10. The van der Waals surface area contributed by atoms with Gasteiger partial charge in [-0.15, -0.1) is 0 Å². The van der Waals surface area contributed by atoms with Crippen LogP contribution in [-0.2, 0) is 4.79 Å². The van der Waals surface area contributed by atoms with Crippen molar-refractivity contribution in [3.63, 3.8) is 0 Å². The van der Waals surface area contributed by atoms with Crippen LogP contribution in [0.5, 0.6) is 5.75 Å². The molecule has 1 fully saturated rings. The van der Waals surface area contributed by atoms with Crippen LogP contribution in [0.1, 0.15) is 24.0 Å². The Morgan fingerprint density at radius 2 is 2.11 bits per heavy atom. The summed E-state index contributed by atoms with van der Waals surface area (Å²) in [5.74, 6) is 0.0624. The maximum absolute atomic E-state index is 11.1. The van der Waals surface area contributed by atoms with Gasteiger partial charge in [0, 0.05) is 6.54 Å². The second kappa shape index (κ2) is 4.52. The number of carbonyl (C=O) groups is 1. The fourth-order valence-corrected chi connectivity index (χ4v) is 2.19. The lowest BCUT2D eigenvalue weighted by atomic mass is 10.1. The summed E-state index contributed by atoms with van der Waals surface area (Å²) in [6.45, 7) is 4.47. The maximum Gasteiger partial charge on any atom is 0.311 e. The van der Waals surface area contributed by atoms with Crippen LogP contribution >= 0.6 is 0 Å². The van der Waals surface area contributed by atoms with Gasteiger partial charge < -0.3 is 15.2 Å². The number of rotatable bonds is 5. The van der Waals surface area contributed by atoms with Crippen molar-refractivity contribution in [1.29, 1.82) is 0 Å². The summed E-state index contributed by atoms with van der Waals surface area (Å²) >= 11 is 0. The molecule has 98 valence electrons. The summed E-state index contributed by atoms with van der Waals surface area (Å²) in [6.07, 6.45) is 1.51. The fourth-order valence-electron chi connectivity index (χ4n) is 2.19. The van der Waals surface area contributed by atoms with E-state index in [9.17, 15) is 4.79 Å². The molecule has 1 aromatic carbocycles. The standard InChI is InChI=1S/C14H19NO3/c1-9-6-10(2)12(11(7-9)18-3)15-8-14(4-5-14)13(16)17/h6-7,15H,4-5,8H2,1-3H3,(H,16,17). The number of aliphatic carboxylic acids is 1. The molecule has 0 unspecified atom stereocenters. The van der Waals surface area contributed by atoms with Gasteiger partial charge in [-0.25, -0.2) is 0 Å². The van der Waals surface area contributed by atoms with E-state index in [-0.39, 0.29) is 0 Å². The van der Waals surface area contributed by atoms with Crippen LogP contribution in [0.15, 0.2) is 12.1 Å². The van der Waals surface area contributed by atoms with Gasteiger partial charge in [0.15, 0.2) is 0 Å². The summed E-state index contributed by atoms with van der Waals surface area (Å²) in [4.78, 5) is 11.1. The van der Waals surface area contributed by atoms with Crippen LogP contribution in [0.25, 0.3) is 0 Å². The van der Waals surface area contributed by atoms with Crippen LogP contribution in [0, 0.1) is 19.3 Å². The molecular formula is C14H19NO3. The highest BCUT2D eigenvalue weighted by molar-refractivity contribution is 5.79. The number of hydrogen-bond acceptors (Lipinski definition) is 3. The Bertz CT molecular complexity index is 478. The van der Waals surface area contributed by atoms with Crippen molar-refractivity contribution in [1.82, 2.24) is 0 Å². The summed E-state index contributed by atoms with van der Waals surface area (Å²) in [6, 6.07) is 4.01. The lowest BCUT2D eigenvalue weighted by Gasteiger charge is -2.17. The molecule has 0 radical (unpaired) electrons. The number of aryl methyl sites for hydroxylation is 2. The highest BCUT2D eigenvalue weighted by Gasteiger charge is 2.50. The fraction of sp³-hybridized carbons (Fsp3) is 0.500. The predicted octanol–water partition coefficient (Wildman–Crippen LogP) is 2.59. The van der Waals surface area contributed by atoms with Crippen molar-refractivity contribution in [2.75, 3.05) is 19.0 Å². The molecule has 1 aliphatic carbocycles. The van der Waals surface area contributed by atoms with Gasteiger partial charge in [-0.05, 0) is 43.9 Å². The molecule has 0 amide bonds. The Kier molecular flexibility index (Phi) is 3.20. The van der Waals surface area contributed by atoms with Gasteiger partial charge in [0.1, 0.15) is 5.75 Å². The van der Waals surface area contributed by atoms with Crippen molar-refractivity contribution < 1.29 is 14.6 Å². The lowest BCUT2D eigenvalue weighted by molar-refractivity contribution is -0.142. The summed E-state index contributed by atoms with van der Waals surface area (Å²) in [5.41, 5.74) is 2.54. The number of carboxylic acid groups (broad SMARTS) is 1. The van der Waals surface area contributed by atoms with Crippen molar-refractivity contribution in [2.45, 2.75) is 26.7 Å². The molecule has 1 saturated carbocycles. The zero-order valence-corrected chi connectivity index (χ0v) is 11.0.